The van der Waals surface area contributed by atoms with Crippen molar-refractivity contribution >= 4 is 21.4 Å². The molecule has 2 fully saturated rings. The Morgan fingerprint density at radius 3 is 2.68 bits per heavy atom. The summed E-state index contributed by atoms with van der Waals surface area (Å²) in [6, 6.07) is 2.10. The van der Waals surface area contributed by atoms with E-state index in [2.05, 4.69) is 11.2 Å². The minimum Gasteiger partial charge on any atom is -0.245 e. The fourth-order valence-electron chi connectivity index (χ4n) is 2.68. The lowest BCUT2D eigenvalue weighted by Crippen LogP contribution is -2.32. The summed E-state index contributed by atoms with van der Waals surface area (Å²) < 4.78 is 24.9. The summed E-state index contributed by atoms with van der Waals surface area (Å²) in [5, 5.41) is 14.0. The van der Waals surface area contributed by atoms with Gasteiger partial charge in [0.2, 0.25) is 0 Å². The van der Waals surface area contributed by atoms with Gasteiger partial charge in [-0.25, -0.2) is 13.1 Å². The molecule has 5 nitrogen and oxygen atoms in total. The molecule has 0 radical (unpaired) electrons. The van der Waals surface area contributed by atoms with Gasteiger partial charge < -0.3 is 0 Å². The van der Waals surface area contributed by atoms with Gasteiger partial charge in [-0.05, 0) is 26.2 Å². The van der Waals surface area contributed by atoms with Crippen molar-refractivity contribution in [3.8, 4) is 6.07 Å². The molecule has 1 aromatic rings. The molecule has 102 valence electrons. The topological polar surface area (TPSA) is 75.8 Å². The monoisotopic (exact) mass is 299 g/mol. The fourth-order valence-corrected chi connectivity index (χ4v) is 5.17. The van der Waals surface area contributed by atoms with Crippen molar-refractivity contribution in [2.75, 3.05) is 11.5 Å². The largest absolute Gasteiger partial charge is 0.245 e. The zero-order valence-electron chi connectivity index (χ0n) is 10.6. The van der Waals surface area contributed by atoms with Crippen LogP contribution in [0.3, 0.4) is 0 Å². The third kappa shape index (κ3) is 2.05. The van der Waals surface area contributed by atoms with Gasteiger partial charge in [0, 0.05) is 5.92 Å². The van der Waals surface area contributed by atoms with Crippen LogP contribution in [0.5, 0.6) is 0 Å². The van der Waals surface area contributed by atoms with Gasteiger partial charge in [0.25, 0.3) is 0 Å². The van der Waals surface area contributed by atoms with Crippen LogP contribution in [0.25, 0.3) is 0 Å². The predicted molar refractivity (Wildman–Crippen MR) is 70.8 cm³/mol. The zero-order chi connectivity index (χ0) is 13.8. The summed E-state index contributed by atoms with van der Waals surface area (Å²) in [6.07, 6.45) is 2.54. The van der Waals surface area contributed by atoms with Crippen molar-refractivity contribution in [2.45, 2.75) is 37.6 Å². The first-order chi connectivity index (χ1) is 8.86. The Bertz CT molecular complexity index is 685. The molecule has 1 aliphatic carbocycles. The first-order valence-electron chi connectivity index (χ1n) is 6.26. The average molecular weight is 300 g/mol. The maximum atomic E-state index is 11.7. The Morgan fingerprint density at radius 1 is 1.53 bits per heavy atom. The Labute approximate surface area is 117 Å². The normalized spacial score (nSPS) is 29.3. The lowest BCUT2D eigenvalue weighted by atomic mass is 10.0. The Hall–Kier alpha value is -1.06. The molecule has 7 heteroatoms. The number of aromatic nitrogens is 2. The van der Waals surface area contributed by atoms with Crippen molar-refractivity contribution in [3.63, 3.8) is 0 Å². The standard InChI is InChI=1S/C12H14ClN3O2S/c1-12(4-5-19(17,18)7-12)16-11(13)9(6-14)10(15-16)8-2-3-8/h8H,2-5,7H2,1H3. The third-order valence-corrected chi connectivity index (χ3v) is 6.16. The molecule has 0 bridgehead atoms. The third-order valence-electron chi connectivity index (χ3n) is 3.93. The molecule has 0 aromatic carbocycles. The summed E-state index contributed by atoms with van der Waals surface area (Å²) in [7, 11) is -3.04. The molecule has 0 amide bonds. The summed E-state index contributed by atoms with van der Waals surface area (Å²) in [5.41, 5.74) is 0.516. The molecule has 0 spiro atoms. The molecule has 2 heterocycles. The van der Waals surface area contributed by atoms with E-state index in [1.807, 2.05) is 6.92 Å². The first kappa shape index (κ1) is 12.9. The predicted octanol–water partition coefficient (Wildman–Crippen LogP) is 1.82. The minimum atomic E-state index is -3.04. The second-order valence-electron chi connectivity index (χ2n) is 5.69. The average Bonchev–Trinajstić information content (AvgIpc) is 3.04. The molecule has 2 aliphatic rings. The number of halogens is 1. The molecule has 0 N–H and O–H groups in total. The van der Waals surface area contributed by atoms with Crippen molar-refractivity contribution < 1.29 is 8.42 Å². The van der Waals surface area contributed by atoms with Crippen LogP contribution in [0.1, 0.15) is 43.4 Å². The zero-order valence-corrected chi connectivity index (χ0v) is 12.1. The smallest absolute Gasteiger partial charge is 0.152 e. The lowest BCUT2D eigenvalue weighted by molar-refractivity contribution is 0.327. The van der Waals surface area contributed by atoms with E-state index in [1.165, 1.54) is 0 Å². The van der Waals surface area contributed by atoms with Crippen LogP contribution >= 0.6 is 11.6 Å². The van der Waals surface area contributed by atoms with Crippen LogP contribution in [0.2, 0.25) is 5.15 Å². The van der Waals surface area contributed by atoms with Crippen molar-refractivity contribution in [3.05, 3.63) is 16.4 Å². The van der Waals surface area contributed by atoms with Gasteiger partial charge in [0.05, 0.1) is 22.7 Å². The molecule has 1 atom stereocenters. The molecule has 1 aromatic heterocycles. The van der Waals surface area contributed by atoms with Crippen LogP contribution in [0.15, 0.2) is 0 Å². The van der Waals surface area contributed by atoms with Gasteiger partial charge in [-0.1, -0.05) is 11.6 Å². The second-order valence-corrected chi connectivity index (χ2v) is 8.23. The van der Waals surface area contributed by atoms with Gasteiger partial charge >= 0.3 is 0 Å². The Balaban J connectivity index is 2.09. The summed E-state index contributed by atoms with van der Waals surface area (Å²) in [6.45, 7) is 1.84. The summed E-state index contributed by atoms with van der Waals surface area (Å²) >= 11 is 6.25. The van der Waals surface area contributed by atoms with Crippen molar-refractivity contribution in [1.29, 1.82) is 5.26 Å². The van der Waals surface area contributed by atoms with Gasteiger partial charge in [-0.2, -0.15) is 10.4 Å². The number of nitriles is 1. The molecule has 1 saturated carbocycles. The lowest BCUT2D eigenvalue weighted by Gasteiger charge is -2.23. The molecule has 3 rings (SSSR count). The number of nitrogens with zero attached hydrogens (tertiary/aromatic N) is 3. The van der Waals surface area contributed by atoms with Crippen LogP contribution in [-0.2, 0) is 15.4 Å². The molecule has 1 saturated heterocycles. The van der Waals surface area contributed by atoms with Crippen molar-refractivity contribution in [2.24, 2.45) is 0 Å². The SMILES string of the molecule is CC1(n2nc(C3CC3)c(C#N)c2Cl)CCS(=O)(=O)C1. The van der Waals surface area contributed by atoms with Gasteiger partial charge in [-0.15, -0.1) is 0 Å². The number of rotatable bonds is 2. The molecular weight excluding hydrogens is 286 g/mol. The maximum Gasteiger partial charge on any atom is 0.152 e. The highest BCUT2D eigenvalue weighted by Crippen LogP contribution is 2.44. The van der Waals surface area contributed by atoms with E-state index in [-0.39, 0.29) is 16.7 Å². The molecule has 19 heavy (non-hydrogen) atoms. The van der Waals surface area contributed by atoms with Crippen molar-refractivity contribution in [1.82, 2.24) is 9.78 Å². The summed E-state index contributed by atoms with van der Waals surface area (Å²) in [4.78, 5) is 0. The van der Waals surface area contributed by atoms with E-state index in [4.69, 9.17) is 11.6 Å². The first-order valence-corrected chi connectivity index (χ1v) is 8.46. The number of sulfone groups is 1. The highest BCUT2D eigenvalue weighted by atomic mass is 35.5. The number of hydrogen-bond acceptors (Lipinski definition) is 4. The maximum absolute atomic E-state index is 11.7. The second kappa shape index (κ2) is 3.97. The van der Waals surface area contributed by atoms with E-state index in [0.717, 1.165) is 18.5 Å². The number of hydrogen-bond donors (Lipinski definition) is 0. The molecule has 1 aliphatic heterocycles. The van der Waals surface area contributed by atoms with Crippen LogP contribution in [-0.4, -0.2) is 29.7 Å². The van der Waals surface area contributed by atoms with Gasteiger partial charge in [-0.3, -0.25) is 0 Å². The van der Waals surface area contributed by atoms with E-state index in [1.54, 1.807) is 4.68 Å². The Morgan fingerprint density at radius 2 is 2.21 bits per heavy atom. The minimum absolute atomic E-state index is 0.0381. The highest BCUT2D eigenvalue weighted by Gasteiger charge is 2.43. The van der Waals surface area contributed by atoms with Crippen LogP contribution < -0.4 is 0 Å². The Kier molecular flexibility index (Phi) is 2.70. The van der Waals surface area contributed by atoms with Crippen LogP contribution in [0.4, 0.5) is 0 Å². The van der Waals surface area contributed by atoms with Gasteiger partial charge in [0.15, 0.2) is 9.84 Å². The van der Waals surface area contributed by atoms with E-state index >= 15 is 0 Å². The van der Waals surface area contributed by atoms with Crippen LogP contribution in [0, 0.1) is 11.3 Å². The fraction of sp³-hybridized carbons (Fsp3) is 0.667. The quantitative estimate of drug-likeness (QED) is 0.834. The summed E-state index contributed by atoms with van der Waals surface area (Å²) in [5.74, 6) is 0.506. The van der Waals surface area contributed by atoms with E-state index < -0.39 is 15.4 Å². The van der Waals surface area contributed by atoms with E-state index in [9.17, 15) is 13.7 Å². The van der Waals surface area contributed by atoms with E-state index in [0.29, 0.717) is 17.9 Å². The molecular formula is C12H14ClN3O2S. The highest BCUT2D eigenvalue weighted by molar-refractivity contribution is 7.91. The molecule has 1 unspecified atom stereocenters. The van der Waals surface area contributed by atoms with Gasteiger partial charge in [0.1, 0.15) is 16.8 Å².